The Bertz CT molecular complexity index is 2780. The number of halogens is 2. The summed E-state index contributed by atoms with van der Waals surface area (Å²) in [6.45, 7) is 13.1. The highest BCUT2D eigenvalue weighted by Crippen LogP contribution is 2.39. The van der Waals surface area contributed by atoms with Crippen LogP contribution in [0.5, 0.6) is 11.5 Å². The van der Waals surface area contributed by atoms with Crippen LogP contribution in [0.15, 0.2) is 85.5 Å². The maximum Gasteiger partial charge on any atom is 0.119 e. The van der Waals surface area contributed by atoms with E-state index in [1.807, 2.05) is 67.6 Å². The quantitative estimate of drug-likeness (QED) is 0.0294. The van der Waals surface area contributed by atoms with E-state index in [9.17, 15) is 0 Å². The Morgan fingerprint density at radius 3 is 1.20 bits per heavy atom. The number of hydrogen-bond acceptors (Lipinski definition) is 15. The van der Waals surface area contributed by atoms with E-state index >= 15 is 0 Å². The van der Waals surface area contributed by atoms with Crippen LogP contribution in [0.1, 0.15) is 37.6 Å². The van der Waals surface area contributed by atoms with E-state index in [4.69, 9.17) is 56.6 Å². The van der Waals surface area contributed by atoms with Crippen LogP contribution in [-0.4, -0.2) is 122 Å². The smallest absolute Gasteiger partial charge is 0.119 e. The second-order valence-corrected chi connectivity index (χ2v) is 19.5. The lowest BCUT2D eigenvalue weighted by Crippen LogP contribution is -2.13. The average molecular weight is 1130 g/mol. The molecule has 4 heterocycles. The van der Waals surface area contributed by atoms with Gasteiger partial charge in [0.05, 0.1) is 113 Å². The number of fused-ring (bicyclic) bond motifs is 2. The van der Waals surface area contributed by atoms with Crippen molar-refractivity contribution in [2.75, 3.05) is 103 Å². The van der Waals surface area contributed by atoms with Gasteiger partial charge in [-0.1, -0.05) is 50.6 Å². The van der Waals surface area contributed by atoms with Crippen LogP contribution in [0.4, 0.5) is 0 Å². The monoisotopic (exact) mass is 1130 g/mol. The average Bonchev–Trinajstić information content (AvgIpc) is 4.18. The number of thiophene rings is 2. The Kier molecular flexibility index (Phi) is 22.7. The first-order valence-electron chi connectivity index (χ1n) is 22.9. The summed E-state index contributed by atoms with van der Waals surface area (Å²) in [5.74, 6) is 1.42. The number of rotatable bonds is 32. The molecular formula is C53H56Br2N4O8S3. The molecule has 0 aliphatic rings. The van der Waals surface area contributed by atoms with E-state index in [1.54, 1.807) is 22.7 Å². The van der Waals surface area contributed by atoms with Crippen LogP contribution >= 0.6 is 66.3 Å². The fraction of sp³-hybridized carbons (Fsp3) is 0.321. The van der Waals surface area contributed by atoms with Crippen LogP contribution in [0.2, 0.25) is 0 Å². The minimum Gasteiger partial charge on any atom is -0.491 e. The standard InChI is InChI=1S/C53H56Br2N4O8S3/c1-3-5-43-16-17-45(69-43)19-21-47-51-50(46(52-53(47)59-70-58-52)20-18-44-15-14-42(4-2)68-44)56-48(38-6-10-40(11-7-38)66-36-34-64-32-30-62-28-26-60-24-22-54)49(57-51)39-8-12-41(13-9-39)67-37-35-65-33-31-63-29-27-61-25-23-55/h3-21H,2,22-37H2,1H3. The molecule has 3 aromatic carbocycles. The molecule has 0 unspecified atom stereocenters. The van der Waals surface area contributed by atoms with Crippen molar-refractivity contribution in [2.45, 2.75) is 6.92 Å². The molecule has 0 N–H and O–H groups in total. The molecule has 0 fully saturated rings. The molecule has 368 valence electrons. The van der Waals surface area contributed by atoms with Gasteiger partial charge >= 0.3 is 0 Å². The van der Waals surface area contributed by atoms with Gasteiger partial charge in [-0.15, -0.1) is 22.7 Å². The van der Waals surface area contributed by atoms with Gasteiger partial charge in [-0.05, 0) is 110 Å². The van der Waals surface area contributed by atoms with Gasteiger partial charge in [0.15, 0.2) is 0 Å². The Morgan fingerprint density at radius 2 is 0.814 bits per heavy atom. The first kappa shape index (κ1) is 53.3. The van der Waals surface area contributed by atoms with Gasteiger partial charge < -0.3 is 37.9 Å². The van der Waals surface area contributed by atoms with Crippen molar-refractivity contribution in [3.8, 4) is 34.0 Å². The number of alkyl halides is 2. The predicted octanol–water partition coefficient (Wildman–Crippen LogP) is 12.8. The van der Waals surface area contributed by atoms with Gasteiger partial charge in [-0.2, -0.15) is 8.75 Å². The molecule has 0 atom stereocenters. The molecule has 7 rings (SSSR count). The summed E-state index contributed by atoms with van der Waals surface area (Å²) in [5, 5.41) is 1.62. The molecule has 17 heteroatoms. The van der Waals surface area contributed by atoms with Crippen molar-refractivity contribution in [3.63, 3.8) is 0 Å². The molecule has 7 aromatic rings. The zero-order valence-corrected chi connectivity index (χ0v) is 44.6. The highest BCUT2D eigenvalue weighted by atomic mass is 79.9. The summed E-state index contributed by atoms with van der Waals surface area (Å²) in [6, 6.07) is 24.3. The first-order chi connectivity index (χ1) is 34.6. The third-order valence-electron chi connectivity index (χ3n) is 10.2. The third kappa shape index (κ3) is 16.0. The summed E-state index contributed by atoms with van der Waals surface area (Å²) in [6.07, 6.45) is 14.4. The number of nitrogens with zero attached hydrogens (tertiary/aromatic N) is 4. The van der Waals surface area contributed by atoms with Gasteiger partial charge in [0.2, 0.25) is 0 Å². The second-order valence-electron chi connectivity index (χ2n) is 15.1. The van der Waals surface area contributed by atoms with Crippen LogP contribution in [0.3, 0.4) is 0 Å². The minimum atomic E-state index is 0.391. The van der Waals surface area contributed by atoms with E-state index in [0.717, 1.165) is 58.6 Å². The first-order valence-corrected chi connectivity index (χ1v) is 27.5. The van der Waals surface area contributed by atoms with Gasteiger partial charge in [0, 0.05) is 52.4 Å². The van der Waals surface area contributed by atoms with E-state index in [-0.39, 0.29) is 0 Å². The normalized spacial score (nSPS) is 11.9. The number of benzene rings is 3. The lowest BCUT2D eigenvalue weighted by molar-refractivity contribution is 0.0119. The van der Waals surface area contributed by atoms with Gasteiger partial charge in [0.25, 0.3) is 0 Å². The van der Waals surface area contributed by atoms with Crippen molar-refractivity contribution in [3.05, 3.63) is 116 Å². The number of aromatic nitrogens is 4. The molecule has 70 heavy (non-hydrogen) atoms. The van der Waals surface area contributed by atoms with E-state index < -0.39 is 0 Å². The molecular weight excluding hydrogens is 1080 g/mol. The molecule has 0 aliphatic heterocycles. The molecule has 0 bridgehead atoms. The summed E-state index contributed by atoms with van der Waals surface area (Å²) in [5.41, 5.74) is 7.74. The van der Waals surface area contributed by atoms with Gasteiger partial charge in [-0.25, -0.2) is 9.97 Å². The Hall–Kier alpha value is -4.50. The fourth-order valence-electron chi connectivity index (χ4n) is 6.95. The van der Waals surface area contributed by atoms with Crippen molar-refractivity contribution >= 4 is 125 Å². The van der Waals surface area contributed by atoms with Crippen molar-refractivity contribution < 1.29 is 37.9 Å². The van der Waals surface area contributed by atoms with Crippen molar-refractivity contribution in [2.24, 2.45) is 0 Å². The zero-order chi connectivity index (χ0) is 48.6. The molecule has 0 saturated carbocycles. The molecule has 0 aliphatic carbocycles. The van der Waals surface area contributed by atoms with Crippen LogP contribution < -0.4 is 9.47 Å². The highest BCUT2D eigenvalue weighted by molar-refractivity contribution is 9.09. The number of hydrogen-bond donors (Lipinski definition) is 0. The lowest BCUT2D eigenvalue weighted by atomic mass is 9.99. The molecule has 0 saturated heterocycles. The lowest BCUT2D eigenvalue weighted by Gasteiger charge is -2.15. The van der Waals surface area contributed by atoms with Crippen LogP contribution in [0, 0.1) is 0 Å². The molecule has 4 aromatic heterocycles. The topological polar surface area (TPSA) is 125 Å². The van der Waals surface area contributed by atoms with Crippen LogP contribution in [0.25, 0.3) is 81.0 Å². The zero-order valence-electron chi connectivity index (χ0n) is 39.0. The summed E-state index contributed by atoms with van der Waals surface area (Å²) >= 11 is 11.3. The van der Waals surface area contributed by atoms with E-state index in [0.29, 0.717) is 126 Å². The summed E-state index contributed by atoms with van der Waals surface area (Å²) in [7, 11) is 0. The molecule has 12 nitrogen and oxygen atoms in total. The SMILES string of the molecule is C=Cc1ccc(C=Cc2c3nsnc3c(C=Cc3ccc(C=CC)s3)c3nc(-c4ccc(OCCOCCOCCOCCBr)cc4)c(-c4ccc(OCCOCCOCCOCCBr)cc4)nc23)s1. The maximum atomic E-state index is 6.09. The highest BCUT2D eigenvalue weighted by Gasteiger charge is 2.22. The predicted molar refractivity (Wildman–Crippen MR) is 296 cm³/mol. The summed E-state index contributed by atoms with van der Waals surface area (Å²) < 4.78 is 55.4. The van der Waals surface area contributed by atoms with Crippen LogP contribution in [-0.2, 0) is 28.4 Å². The van der Waals surface area contributed by atoms with Crippen molar-refractivity contribution in [1.29, 1.82) is 0 Å². The van der Waals surface area contributed by atoms with Crippen molar-refractivity contribution in [1.82, 2.24) is 18.7 Å². The third-order valence-corrected chi connectivity index (χ3v) is 13.5. The number of allylic oxidation sites excluding steroid dienone is 1. The Labute approximate surface area is 438 Å². The largest absolute Gasteiger partial charge is 0.491 e. The summed E-state index contributed by atoms with van der Waals surface area (Å²) in [4.78, 5) is 15.5. The maximum absolute atomic E-state index is 6.09. The fourth-order valence-corrected chi connectivity index (χ4v) is 9.63. The van der Waals surface area contributed by atoms with Gasteiger partial charge in [0.1, 0.15) is 35.7 Å². The Morgan fingerprint density at radius 1 is 0.443 bits per heavy atom. The van der Waals surface area contributed by atoms with E-state index in [2.05, 4.69) is 93.1 Å². The second kappa shape index (κ2) is 29.7. The molecule has 0 radical (unpaired) electrons. The molecule has 0 amide bonds. The Balaban J connectivity index is 1.18. The molecule has 0 spiro atoms. The van der Waals surface area contributed by atoms with Gasteiger partial charge in [-0.3, -0.25) is 0 Å². The number of ether oxygens (including phenoxy) is 8. The van der Waals surface area contributed by atoms with E-state index in [1.165, 1.54) is 16.6 Å². The minimum absolute atomic E-state index is 0.391.